The third kappa shape index (κ3) is 3.65. The number of aromatic nitrogens is 2. The second-order valence-electron chi connectivity index (χ2n) is 12.1. The zero-order valence-electron chi connectivity index (χ0n) is 24.9. The van der Waals surface area contributed by atoms with Crippen molar-refractivity contribution in [1.82, 2.24) is 9.97 Å². The van der Waals surface area contributed by atoms with Crippen LogP contribution in [0.3, 0.4) is 0 Å². The van der Waals surface area contributed by atoms with Gasteiger partial charge in [-0.3, -0.25) is 0 Å². The molecule has 2 heteroatoms. The van der Waals surface area contributed by atoms with Crippen LogP contribution in [0.15, 0.2) is 158 Å². The minimum absolute atomic E-state index is 0.924. The first-order valence-corrected chi connectivity index (χ1v) is 15.8. The lowest BCUT2D eigenvalue weighted by Crippen LogP contribution is -1.92. The molecule has 0 unspecified atom stereocenters. The van der Waals surface area contributed by atoms with Crippen LogP contribution in [-0.4, -0.2) is 9.97 Å². The van der Waals surface area contributed by atoms with Crippen molar-refractivity contribution in [2.45, 2.75) is 0 Å². The van der Waals surface area contributed by atoms with E-state index in [1.807, 2.05) is 6.07 Å². The van der Waals surface area contributed by atoms with Crippen molar-refractivity contribution < 1.29 is 0 Å². The Labute approximate surface area is 266 Å². The Morgan fingerprint density at radius 1 is 0.283 bits per heavy atom. The van der Waals surface area contributed by atoms with Gasteiger partial charge in [0.15, 0.2) is 0 Å². The molecule has 0 saturated heterocycles. The maximum atomic E-state index is 5.30. The lowest BCUT2D eigenvalue weighted by Gasteiger charge is -2.15. The topological polar surface area (TPSA) is 25.8 Å². The van der Waals surface area contributed by atoms with Gasteiger partial charge in [0, 0.05) is 21.9 Å². The number of hydrogen-bond acceptors (Lipinski definition) is 2. The molecule has 0 N–H and O–H groups in total. The molecule has 10 rings (SSSR count). The minimum Gasteiger partial charge on any atom is -0.245 e. The summed E-state index contributed by atoms with van der Waals surface area (Å²) in [6.07, 6.45) is 0. The van der Waals surface area contributed by atoms with Gasteiger partial charge in [0.1, 0.15) is 0 Å². The summed E-state index contributed by atoms with van der Waals surface area (Å²) in [6.45, 7) is 0. The van der Waals surface area contributed by atoms with Crippen molar-refractivity contribution in [1.29, 1.82) is 0 Å². The molecule has 212 valence electrons. The lowest BCUT2D eigenvalue weighted by atomic mass is 9.89. The largest absolute Gasteiger partial charge is 0.245 e. The summed E-state index contributed by atoms with van der Waals surface area (Å²) in [6, 6.07) is 56.6. The van der Waals surface area contributed by atoms with Crippen LogP contribution in [0, 0.1) is 0 Å². The standard InChI is InChI=1S/C44H26N2/c1-2-9-27(10-3-1)40-25-19-28-17-18-29-20-26-41(46-44(29)43(28)45-40)36-23-21-34(30-11-4-5-12-31(30)36)35-22-24-39-33-14-7-6-13-32(33)37-15-8-16-38(35)42(37)39/h1-26H. The van der Waals surface area contributed by atoms with Crippen LogP contribution in [-0.2, 0) is 0 Å². The Kier molecular flexibility index (Phi) is 5.31. The molecule has 46 heavy (non-hydrogen) atoms. The fourth-order valence-electron chi connectivity index (χ4n) is 7.49. The van der Waals surface area contributed by atoms with Crippen LogP contribution in [0.2, 0.25) is 0 Å². The molecule has 2 nitrogen and oxygen atoms in total. The van der Waals surface area contributed by atoms with Crippen LogP contribution in [0.5, 0.6) is 0 Å². The first kappa shape index (κ1) is 25.2. The fraction of sp³-hybridized carbons (Fsp3) is 0. The van der Waals surface area contributed by atoms with E-state index in [-0.39, 0.29) is 0 Å². The van der Waals surface area contributed by atoms with E-state index in [1.165, 1.54) is 54.9 Å². The average molecular weight is 583 g/mol. The second kappa shape index (κ2) is 9.69. The maximum absolute atomic E-state index is 5.30. The minimum atomic E-state index is 0.924. The summed E-state index contributed by atoms with van der Waals surface area (Å²) in [5, 5.41) is 7.23. The first-order valence-electron chi connectivity index (χ1n) is 15.8. The Balaban J connectivity index is 1.17. The molecule has 0 bridgehead atoms. The van der Waals surface area contributed by atoms with Gasteiger partial charge in [-0.2, -0.15) is 0 Å². The van der Waals surface area contributed by atoms with Crippen LogP contribution >= 0.6 is 0 Å². The van der Waals surface area contributed by atoms with E-state index in [1.54, 1.807) is 0 Å². The molecule has 0 amide bonds. The Morgan fingerprint density at radius 3 is 1.50 bits per heavy atom. The Bertz CT molecular complexity index is 2660. The van der Waals surface area contributed by atoms with E-state index < -0.39 is 0 Å². The summed E-state index contributed by atoms with van der Waals surface area (Å²) in [7, 11) is 0. The van der Waals surface area contributed by atoms with Gasteiger partial charge in [0.25, 0.3) is 0 Å². The Morgan fingerprint density at radius 2 is 0.761 bits per heavy atom. The molecule has 9 aromatic rings. The zero-order chi connectivity index (χ0) is 30.2. The highest BCUT2D eigenvalue weighted by atomic mass is 14.8. The van der Waals surface area contributed by atoms with Crippen molar-refractivity contribution in [2.24, 2.45) is 0 Å². The highest BCUT2D eigenvalue weighted by molar-refractivity contribution is 6.20. The molecule has 1 aliphatic rings. The molecule has 0 saturated carbocycles. The van der Waals surface area contributed by atoms with Gasteiger partial charge in [-0.1, -0.05) is 146 Å². The monoisotopic (exact) mass is 582 g/mol. The van der Waals surface area contributed by atoms with Gasteiger partial charge in [-0.15, -0.1) is 0 Å². The van der Waals surface area contributed by atoms with E-state index in [4.69, 9.17) is 9.97 Å². The van der Waals surface area contributed by atoms with Gasteiger partial charge in [0.2, 0.25) is 0 Å². The van der Waals surface area contributed by atoms with Gasteiger partial charge in [-0.05, 0) is 67.1 Å². The summed E-state index contributed by atoms with van der Waals surface area (Å²) in [5.74, 6) is 0. The first-order chi connectivity index (χ1) is 22.8. The molecule has 2 heterocycles. The summed E-state index contributed by atoms with van der Waals surface area (Å²) in [4.78, 5) is 10.4. The van der Waals surface area contributed by atoms with Crippen LogP contribution in [0.1, 0.15) is 0 Å². The molecule has 7 aromatic carbocycles. The summed E-state index contributed by atoms with van der Waals surface area (Å²) in [5.41, 5.74) is 13.8. The van der Waals surface area contributed by atoms with Gasteiger partial charge in [0.05, 0.1) is 22.4 Å². The van der Waals surface area contributed by atoms with Crippen LogP contribution < -0.4 is 0 Å². The van der Waals surface area contributed by atoms with E-state index in [0.29, 0.717) is 0 Å². The van der Waals surface area contributed by atoms with E-state index in [2.05, 4.69) is 152 Å². The molecular weight excluding hydrogens is 556 g/mol. The Hall–Kier alpha value is -6.12. The third-order valence-corrected chi connectivity index (χ3v) is 9.63. The average Bonchev–Trinajstić information content (AvgIpc) is 3.46. The van der Waals surface area contributed by atoms with Crippen molar-refractivity contribution >= 4 is 43.4 Å². The van der Waals surface area contributed by atoms with E-state index in [0.717, 1.165) is 44.3 Å². The molecule has 2 aromatic heterocycles. The highest BCUT2D eigenvalue weighted by Gasteiger charge is 2.23. The van der Waals surface area contributed by atoms with Crippen LogP contribution in [0.25, 0.3) is 99.2 Å². The van der Waals surface area contributed by atoms with Gasteiger partial charge in [-0.25, -0.2) is 9.97 Å². The molecule has 0 fully saturated rings. The van der Waals surface area contributed by atoms with Crippen LogP contribution in [0.4, 0.5) is 0 Å². The molecular formula is C44H26N2. The number of hydrogen-bond donors (Lipinski definition) is 0. The fourth-order valence-corrected chi connectivity index (χ4v) is 7.49. The van der Waals surface area contributed by atoms with Crippen molar-refractivity contribution in [2.75, 3.05) is 0 Å². The lowest BCUT2D eigenvalue weighted by molar-refractivity contribution is 1.37. The molecule has 0 spiro atoms. The number of benzene rings is 7. The van der Waals surface area contributed by atoms with Crippen molar-refractivity contribution in [3.63, 3.8) is 0 Å². The number of pyridine rings is 2. The van der Waals surface area contributed by atoms with Gasteiger partial charge >= 0.3 is 0 Å². The molecule has 1 aliphatic carbocycles. The molecule has 0 atom stereocenters. The highest BCUT2D eigenvalue weighted by Crippen LogP contribution is 2.50. The normalized spacial score (nSPS) is 11.9. The SMILES string of the molecule is c1ccc(-c2ccc3ccc4ccc(-c5ccc(-c6ccc7c8c(cccc68)-c6ccccc6-7)c6ccccc56)nc4c3n2)cc1. The summed E-state index contributed by atoms with van der Waals surface area (Å²) < 4.78 is 0. The summed E-state index contributed by atoms with van der Waals surface area (Å²) >= 11 is 0. The smallest absolute Gasteiger partial charge is 0.0972 e. The number of fused-ring (bicyclic) bond motifs is 7. The van der Waals surface area contributed by atoms with Crippen molar-refractivity contribution in [3.05, 3.63) is 158 Å². The number of nitrogens with zero attached hydrogens (tertiary/aromatic N) is 2. The second-order valence-corrected chi connectivity index (χ2v) is 12.1. The molecule has 0 aliphatic heterocycles. The van der Waals surface area contributed by atoms with Gasteiger partial charge < -0.3 is 0 Å². The molecule has 0 radical (unpaired) electrons. The zero-order valence-corrected chi connectivity index (χ0v) is 24.9. The maximum Gasteiger partial charge on any atom is 0.0972 e. The predicted molar refractivity (Wildman–Crippen MR) is 193 cm³/mol. The van der Waals surface area contributed by atoms with E-state index >= 15 is 0 Å². The number of rotatable bonds is 3. The van der Waals surface area contributed by atoms with Crippen molar-refractivity contribution in [3.8, 4) is 55.9 Å². The van der Waals surface area contributed by atoms with E-state index in [9.17, 15) is 0 Å². The third-order valence-electron chi connectivity index (χ3n) is 9.63. The predicted octanol–water partition coefficient (Wildman–Crippen LogP) is 11.7. The quantitative estimate of drug-likeness (QED) is 0.194.